The molecular weight excluding hydrogens is 388 g/mol. The van der Waals surface area contributed by atoms with Crippen molar-refractivity contribution in [3.8, 4) is 39.9 Å². The van der Waals surface area contributed by atoms with Crippen LogP contribution in [-0.4, -0.2) is 25.4 Å². The minimum atomic E-state index is -0.331. The molecule has 0 radical (unpaired) electrons. The molecule has 0 spiro atoms. The first-order valence-electron chi connectivity index (χ1n) is 9.48. The second-order valence-corrected chi connectivity index (χ2v) is 7.45. The highest BCUT2D eigenvalue weighted by molar-refractivity contribution is 5.93. The highest BCUT2D eigenvalue weighted by Gasteiger charge is 2.32. The molecule has 0 fully saturated rings. The Hall–Kier alpha value is -3.61. The van der Waals surface area contributed by atoms with Crippen LogP contribution in [0.25, 0.3) is 22.1 Å². The quantitative estimate of drug-likeness (QED) is 0.657. The van der Waals surface area contributed by atoms with Crippen LogP contribution in [0.3, 0.4) is 0 Å². The first-order chi connectivity index (χ1) is 14.4. The summed E-state index contributed by atoms with van der Waals surface area (Å²) >= 11 is 0. The molecule has 0 aliphatic carbocycles. The maximum absolute atomic E-state index is 13.5. The highest BCUT2D eigenvalue weighted by Crippen LogP contribution is 2.46. The van der Waals surface area contributed by atoms with Gasteiger partial charge in [-0.15, -0.1) is 0 Å². The molecule has 0 bridgehead atoms. The summed E-state index contributed by atoms with van der Waals surface area (Å²) in [5, 5.41) is 10.8. The van der Waals surface area contributed by atoms with Crippen LogP contribution in [-0.2, 0) is 13.0 Å². The van der Waals surface area contributed by atoms with Crippen molar-refractivity contribution in [3.63, 3.8) is 0 Å². The fraction of sp³-hybridized carbons (Fsp3) is 0.261. The Morgan fingerprint density at radius 3 is 2.60 bits per heavy atom. The first kappa shape index (κ1) is 18.4. The van der Waals surface area contributed by atoms with Gasteiger partial charge in [0.15, 0.2) is 17.3 Å². The summed E-state index contributed by atoms with van der Waals surface area (Å²) in [5.41, 5.74) is 2.47. The molecule has 5 rings (SSSR count). The third-order valence-electron chi connectivity index (χ3n) is 5.60. The van der Waals surface area contributed by atoms with Crippen LogP contribution < -0.4 is 24.4 Å². The predicted molar refractivity (Wildman–Crippen MR) is 110 cm³/mol. The highest BCUT2D eigenvalue weighted by atomic mass is 16.5. The van der Waals surface area contributed by atoms with E-state index >= 15 is 0 Å². The number of phenolic OH excluding ortho intramolecular Hbond substituents is 1. The van der Waals surface area contributed by atoms with Crippen LogP contribution in [0.5, 0.6) is 28.7 Å². The number of phenols is 1. The van der Waals surface area contributed by atoms with Crippen LogP contribution in [0.4, 0.5) is 0 Å². The van der Waals surface area contributed by atoms with Crippen molar-refractivity contribution >= 4 is 11.0 Å². The molecule has 3 heterocycles. The fourth-order valence-corrected chi connectivity index (χ4v) is 4.07. The average Bonchev–Trinajstić information content (AvgIpc) is 3.16. The molecule has 30 heavy (non-hydrogen) atoms. The van der Waals surface area contributed by atoms with E-state index in [2.05, 4.69) is 6.58 Å². The van der Waals surface area contributed by atoms with E-state index < -0.39 is 0 Å². The van der Waals surface area contributed by atoms with Crippen LogP contribution in [0.2, 0.25) is 0 Å². The smallest absolute Gasteiger partial charge is 0.204 e. The molecule has 1 unspecified atom stereocenters. The largest absolute Gasteiger partial charge is 0.507 e. The topological polar surface area (TPSA) is 87.4 Å². The monoisotopic (exact) mass is 408 g/mol. The predicted octanol–water partition coefficient (Wildman–Crippen LogP) is 3.95. The van der Waals surface area contributed by atoms with Gasteiger partial charge < -0.3 is 28.5 Å². The Morgan fingerprint density at radius 2 is 1.90 bits per heavy atom. The summed E-state index contributed by atoms with van der Waals surface area (Å²) in [6.45, 7) is 5.90. The molecule has 3 aromatic rings. The van der Waals surface area contributed by atoms with Gasteiger partial charge in [-0.05, 0) is 18.6 Å². The summed E-state index contributed by atoms with van der Waals surface area (Å²) in [6.07, 6.45) is 0.297. The molecule has 2 aliphatic heterocycles. The van der Waals surface area contributed by atoms with Gasteiger partial charge in [-0.3, -0.25) is 4.79 Å². The number of methoxy groups -OCH3 is 2. The maximum atomic E-state index is 13.5. The van der Waals surface area contributed by atoms with Crippen LogP contribution in [0, 0.1) is 0 Å². The van der Waals surface area contributed by atoms with Crippen molar-refractivity contribution < 1.29 is 28.5 Å². The van der Waals surface area contributed by atoms with Crippen LogP contribution in [0.15, 0.2) is 39.6 Å². The molecule has 0 amide bonds. The Kier molecular flexibility index (Phi) is 3.96. The van der Waals surface area contributed by atoms with Gasteiger partial charge in [0, 0.05) is 29.7 Å². The molecule has 0 saturated carbocycles. The lowest BCUT2D eigenvalue weighted by molar-refractivity contribution is 0.264. The molecule has 1 aromatic heterocycles. The van der Waals surface area contributed by atoms with Gasteiger partial charge in [0.25, 0.3) is 0 Å². The van der Waals surface area contributed by atoms with Crippen molar-refractivity contribution in [2.45, 2.75) is 26.1 Å². The Bertz CT molecular complexity index is 1290. The lowest BCUT2D eigenvalue weighted by Crippen LogP contribution is -2.16. The summed E-state index contributed by atoms with van der Waals surface area (Å²) in [4.78, 5) is 13.5. The third kappa shape index (κ3) is 2.48. The Morgan fingerprint density at radius 1 is 1.17 bits per heavy atom. The van der Waals surface area contributed by atoms with Crippen molar-refractivity contribution in [1.29, 1.82) is 0 Å². The van der Waals surface area contributed by atoms with Gasteiger partial charge in [0.1, 0.15) is 40.9 Å². The van der Waals surface area contributed by atoms with Crippen LogP contribution >= 0.6 is 0 Å². The number of hydrogen-bond acceptors (Lipinski definition) is 7. The molecule has 0 saturated heterocycles. The number of fused-ring (bicyclic) bond motifs is 6. The first-order valence-corrected chi connectivity index (χ1v) is 9.48. The normalized spacial score (nSPS) is 16.2. The maximum Gasteiger partial charge on any atom is 0.204 e. The number of rotatable bonds is 3. The number of aromatic hydroxyl groups is 1. The van der Waals surface area contributed by atoms with Gasteiger partial charge >= 0.3 is 0 Å². The lowest BCUT2D eigenvalue weighted by atomic mass is 9.96. The Labute approximate surface area is 172 Å². The lowest BCUT2D eigenvalue weighted by Gasteiger charge is -2.22. The van der Waals surface area contributed by atoms with E-state index in [1.807, 2.05) is 6.92 Å². The van der Waals surface area contributed by atoms with E-state index in [4.69, 9.17) is 23.4 Å². The fourth-order valence-electron chi connectivity index (χ4n) is 4.07. The molecule has 2 aliphatic rings. The minimum Gasteiger partial charge on any atom is -0.507 e. The van der Waals surface area contributed by atoms with E-state index in [-0.39, 0.29) is 29.3 Å². The second-order valence-electron chi connectivity index (χ2n) is 7.45. The van der Waals surface area contributed by atoms with E-state index in [1.54, 1.807) is 12.1 Å². The molecule has 1 N–H and O–H groups in total. The standard InChI is InChI=1S/C23H20O7/c1-10(2)14-6-12-16(29-14)7-13(24)21-22(25)20-11-5-17(26-3)18(27-4)8-15(11)28-9-19(20)30-23(12)21/h5,7-8,14,24H,1,6,9H2,2-4H3. The molecule has 2 aromatic carbocycles. The molecule has 1 atom stereocenters. The molecule has 7 heteroatoms. The van der Waals surface area contributed by atoms with Crippen molar-refractivity contribution in [1.82, 2.24) is 0 Å². The Balaban J connectivity index is 1.79. The van der Waals surface area contributed by atoms with E-state index in [0.717, 1.165) is 11.1 Å². The number of ether oxygens (including phenoxy) is 4. The minimum absolute atomic E-state index is 0.0815. The van der Waals surface area contributed by atoms with Gasteiger partial charge in [0.2, 0.25) is 5.43 Å². The summed E-state index contributed by atoms with van der Waals surface area (Å²) in [6, 6.07) is 4.83. The van der Waals surface area contributed by atoms with Crippen molar-refractivity contribution in [2.75, 3.05) is 14.2 Å². The number of benzene rings is 2. The SMILES string of the molecule is C=C(C)C1Cc2c(cc(O)c3c(=O)c4c(oc23)COc2cc(OC)c(OC)cc2-4)O1. The molecule has 154 valence electrons. The van der Waals surface area contributed by atoms with Gasteiger partial charge in [-0.1, -0.05) is 6.58 Å². The zero-order valence-corrected chi connectivity index (χ0v) is 16.8. The third-order valence-corrected chi connectivity index (χ3v) is 5.60. The van der Waals surface area contributed by atoms with E-state index in [0.29, 0.717) is 51.9 Å². The second kappa shape index (κ2) is 6.45. The molecular formula is C23H20O7. The van der Waals surface area contributed by atoms with E-state index in [1.165, 1.54) is 20.3 Å². The van der Waals surface area contributed by atoms with Crippen LogP contribution in [0.1, 0.15) is 18.2 Å². The average molecular weight is 408 g/mol. The zero-order valence-electron chi connectivity index (χ0n) is 16.8. The van der Waals surface area contributed by atoms with Crippen molar-refractivity contribution in [2.24, 2.45) is 0 Å². The molecule has 7 nitrogen and oxygen atoms in total. The summed E-state index contributed by atoms with van der Waals surface area (Å²) in [7, 11) is 3.05. The van der Waals surface area contributed by atoms with Gasteiger partial charge in [0.05, 0.1) is 19.8 Å². The van der Waals surface area contributed by atoms with E-state index in [9.17, 15) is 9.90 Å². The number of hydrogen-bond donors (Lipinski definition) is 1. The summed E-state index contributed by atoms with van der Waals surface area (Å²) in [5.74, 6) is 2.14. The van der Waals surface area contributed by atoms with Gasteiger partial charge in [-0.2, -0.15) is 0 Å². The summed E-state index contributed by atoms with van der Waals surface area (Å²) < 4.78 is 28.5. The van der Waals surface area contributed by atoms with Crippen molar-refractivity contribution in [3.05, 3.63) is 51.9 Å². The zero-order chi connectivity index (χ0) is 21.2. The van der Waals surface area contributed by atoms with Gasteiger partial charge in [-0.25, -0.2) is 0 Å².